The molecule has 1 unspecified atom stereocenters. The van der Waals surface area contributed by atoms with Gasteiger partial charge in [0.15, 0.2) is 0 Å². The summed E-state index contributed by atoms with van der Waals surface area (Å²) in [7, 11) is 1.79. The lowest BCUT2D eigenvalue weighted by atomic mass is 9.89. The molecule has 0 fully saturated rings. The molecule has 0 bridgehead atoms. The van der Waals surface area contributed by atoms with Gasteiger partial charge in [0.1, 0.15) is 0 Å². The van der Waals surface area contributed by atoms with Crippen LogP contribution in [0.2, 0.25) is 0 Å². The number of benzene rings is 1. The summed E-state index contributed by atoms with van der Waals surface area (Å²) >= 11 is 0. The van der Waals surface area contributed by atoms with Crippen LogP contribution in [0.1, 0.15) is 56.4 Å². The Bertz CT molecular complexity index is 368. The van der Waals surface area contributed by atoms with E-state index in [0.29, 0.717) is 6.10 Å². The maximum Gasteiger partial charge on any atom is 0.0546 e. The molecule has 0 radical (unpaired) electrons. The first-order valence-electron chi connectivity index (χ1n) is 7.33. The second kappa shape index (κ2) is 7.58. The predicted octanol–water partition coefficient (Wildman–Crippen LogP) is 4.34. The lowest BCUT2D eigenvalue weighted by Gasteiger charge is -2.17. The molecular weight excluding hydrogens is 220 g/mol. The van der Waals surface area contributed by atoms with E-state index in [-0.39, 0.29) is 0 Å². The van der Waals surface area contributed by atoms with Crippen LogP contribution in [0.15, 0.2) is 12.1 Å². The van der Waals surface area contributed by atoms with Crippen molar-refractivity contribution in [2.75, 3.05) is 7.11 Å². The van der Waals surface area contributed by atoms with Crippen molar-refractivity contribution in [3.8, 4) is 0 Å². The molecule has 0 amide bonds. The Morgan fingerprint density at radius 2 is 1.50 bits per heavy atom. The van der Waals surface area contributed by atoms with Crippen molar-refractivity contribution in [3.63, 3.8) is 0 Å². The second-order valence-corrected chi connectivity index (χ2v) is 4.99. The maximum atomic E-state index is 5.35. The summed E-state index contributed by atoms with van der Waals surface area (Å²) in [5.74, 6) is 0. The molecule has 0 saturated heterocycles. The summed E-state index contributed by atoms with van der Waals surface area (Å²) in [6, 6.07) is 4.66. The molecule has 1 aromatic rings. The average Bonchev–Trinajstić information content (AvgIpc) is 2.43. The zero-order valence-electron chi connectivity index (χ0n) is 12.7. The van der Waals surface area contributed by atoms with Gasteiger partial charge < -0.3 is 4.74 Å². The number of hydrogen-bond donors (Lipinski definition) is 0. The summed E-state index contributed by atoms with van der Waals surface area (Å²) in [4.78, 5) is 0. The van der Waals surface area contributed by atoms with Crippen LogP contribution >= 0.6 is 0 Å². The highest BCUT2D eigenvalue weighted by Gasteiger charge is 2.10. The summed E-state index contributed by atoms with van der Waals surface area (Å²) < 4.78 is 5.35. The standard InChI is InChI=1S/C17H28O/c1-6-14-11-12-15(10-9-13(4)18-5)17(8-3)16(14)7-2/h11-13H,6-10H2,1-5H3. The second-order valence-electron chi connectivity index (χ2n) is 4.99. The normalized spacial score (nSPS) is 12.7. The SMILES string of the molecule is CCc1ccc(CCC(C)OC)c(CC)c1CC. The van der Waals surface area contributed by atoms with E-state index in [2.05, 4.69) is 39.8 Å². The van der Waals surface area contributed by atoms with Crippen LogP contribution in [0.5, 0.6) is 0 Å². The van der Waals surface area contributed by atoms with E-state index in [0.717, 1.165) is 32.1 Å². The van der Waals surface area contributed by atoms with E-state index in [1.54, 1.807) is 18.2 Å². The van der Waals surface area contributed by atoms with Crippen molar-refractivity contribution < 1.29 is 4.74 Å². The van der Waals surface area contributed by atoms with Gasteiger partial charge in [0, 0.05) is 7.11 Å². The third kappa shape index (κ3) is 3.58. The zero-order chi connectivity index (χ0) is 13.5. The van der Waals surface area contributed by atoms with E-state index in [9.17, 15) is 0 Å². The fraction of sp³-hybridized carbons (Fsp3) is 0.647. The quantitative estimate of drug-likeness (QED) is 0.697. The molecule has 0 aliphatic heterocycles. The van der Waals surface area contributed by atoms with Crippen LogP contribution in [0.3, 0.4) is 0 Å². The van der Waals surface area contributed by atoms with Crippen LogP contribution in [-0.2, 0) is 30.4 Å². The first-order valence-corrected chi connectivity index (χ1v) is 7.33. The summed E-state index contributed by atoms with van der Waals surface area (Å²) in [5.41, 5.74) is 6.22. The Balaban J connectivity index is 2.97. The monoisotopic (exact) mass is 248 g/mol. The molecule has 0 aliphatic carbocycles. The molecule has 0 spiro atoms. The average molecular weight is 248 g/mol. The molecule has 0 aliphatic rings. The van der Waals surface area contributed by atoms with Crippen molar-refractivity contribution in [2.45, 2.75) is 65.9 Å². The first-order chi connectivity index (χ1) is 8.67. The fourth-order valence-corrected chi connectivity index (χ4v) is 2.71. The summed E-state index contributed by atoms with van der Waals surface area (Å²) in [6.45, 7) is 8.94. The van der Waals surface area contributed by atoms with Crippen LogP contribution in [0.4, 0.5) is 0 Å². The highest BCUT2D eigenvalue weighted by Crippen LogP contribution is 2.23. The van der Waals surface area contributed by atoms with E-state index in [4.69, 9.17) is 4.74 Å². The fourth-order valence-electron chi connectivity index (χ4n) is 2.71. The van der Waals surface area contributed by atoms with Crippen LogP contribution in [0.25, 0.3) is 0 Å². The predicted molar refractivity (Wildman–Crippen MR) is 79.4 cm³/mol. The van der Waals surface area contributed by atoms with Gasteiger partial charge in [-0.05, 0) is 61.3 Å². The highest BCUT2D eigenvalue weighted by molar-refractivity contribution is 5.41. The molecule has 1 atom stereocenters. The van der Waals surface area contributed by atoms with Gasteiger partial charge in [0.05, 0.1) is 6.10 Å². The summed E-state index contributed by atoms with van der Waals surface area (Å²) in [6.07, 6.45) is 6.04. The molecular formula is C17H28O. The van der Waals surface area contributed by atoms with E-state index in [1.807, 2.05) is 0 Å². The topological polar surface area (TPSA) is 9.23 Å². The Kier molecular flexibility index (Phi) is 6.42. The molecule has 0 aromatic heterocycles. The maximum absolute atomic E-state index is 5.35. The van der Waals surface area contributed by atoms with Gasteiger partial charge >= 0.3 is 0 Å². The third-order valence-corrected chi connectivity index (χ3v) is 3.94. The van der Waals surface area contributed by atoms with Gasteiger partial charge in [-0.3, -0.25) is 0 Å². The van der Waals surface area contributed by atoms with E-state index < -0.39 is 0 Å². The molecule has 18 heavy (non-hydrogen) atoms. The molecule has 1 nitrogen and oxygen atoms in total. The number of aryl methyl sites for hydroxylation is 2. The van der Waals surface area contributed by atoms with Crippen molar-refractivity contribution in [1.29, 1.82) is 0 Å². The minimum absolute atomic E-state index is 0.352. The molecule has 0 heterocycles. The molecule has 1 aromatic carbocycles. The Labute approximate surface area is 113 Å². The van der Waals surface area contributed by atoms with Gasteiger partial charge in [0.2, 0.25) is 0 Å². The smallest absolute Gasteiger partial charge is 0.0546 e. The minimum Gasteiger partial charge on any atom is -0.382 e. The molecule has 1 heteroatoms. The van der Waals surface area contributed by atoms with Gasteiger partial charge in [-0.15, -0.1) is 0 Å². The van der Waals surface area contributed by atoms with Gasteiger partial charge in [-0.1, -0.05) is 32.9 Å². The van der Waals surface area contributed by atoms with Gasteiger partial charge in [-0.25, -0.2) is 0 Å². The van der Waals surface area contributed by atoms with E-state index in [1.165, 1.54) is 11.1 Å². The Morgan fingerprint density at radius 1 is 0.944 bits per heavy atom. The van der Waals surface area contributed by atoms with Crippen LogP contribution in [0, 0.1) is 0 Å². The highest BCUT2D eigenvalue weighted by atomic mass is 16.5. The first kappa shape index (κ1) is 15.2. The van der Waals surface area contributed by atoms with Crippen LogP contribution < -0.4 is 0 Å². The third-order valence-electron chi connectivity index (χ3n) is 3.94. The number of hydrogen-bond acceptors (Lipinski definition) is 1. The lowest BCUT2D eigenvalue weighted by molar-refractivity contribution is 0.111. The van der Waals surface area contributed by atoms with Crippen molar-refractivity contribution in [3.05, 3.63) is 34.4 Å². The van der Waals surface area contributed by atoms with Crippen molar-refractivity contribution in [2.24, 2.45) is 0 Å². The van der Waals surface area contributed by atoms with Crippen molar-refractivity contribution >= 4 is 0 Å². The minimum atomic E-state index is 0.352. The van der Waals surface area contributed by atoms with Gasteiger partial charge in [-0.2, -0.15) is 0 Å². The Morgan fingerprint density at radius 3 is 2.00 bits per heavy atom. The van der Waals surface area contributed by atoms with Gasteiger partial charge in [0.25, 0.3) is 0 Å². The summed E-state index contributed by atoms with van der Waals surface area (Å²) in [5, 5.41) is 0. The molecule has 1 rings (SSSR count). The van der Waals surface area contributed by atoms with E-state index >= 15 is 0 Å². The zero-order valence-corrected chi connectivity index (χ0v) is 12.7. The van der Waals surface area contributed by atoms with Crippen molar-refractivity contribution in [1.82, 2.24) is 0 Å². The molecule has 0 saturated carbocycles. The number of rotatable bonds is 7. The largest absolute Gasteiger partial charge is 0.382 e. The molecule has 0 N–H and O–H groups in total. The Hall–Kier alpha value is -0.820. The number of methoxy groups -OCH3 is 1. The van der Waals surface area contributed by atoms with Crippen LogP contribution in [-0.4, -0.2) is 13.2 Å². The number of ether oxygens (including phenoxy) is 1. The lowest BCUT2D eigenvalue weighted by Crippen LogP contribution is -2.09. The molecule has 102 valence electrons.